The number of rotatable bonds is 5. The molecular formula is C15H22Cl2N2OS. The summed E-state index contributed by atoms with van der Waals surface area (Å²) >= 11 is 7.73. The van der Waals surface area contributed by atoms with Crippen LogP contribution in [0.3, 0.4) is 0 Å². The van der Waals surface area contributed by atoms with E-state index in [-0.39, 0.29) is 18.3 Å². The van der Waals surface area contributed by atoms with Gasteiger partial charge in [-0.15, -0.1) is 24.2 Å². The van der Waals surface area contributed by atoms with Crippen LogP contribution in [0.15, 0.2) is 23.1 Å². The topological polar surface area (TPSA) is 41.1 Å². The van der Waals surface area contributed by atoms with E-state index in [1.165, 1.54) is 12.8 Å². The van der Waals surface area contributed by atoms with Crippen molar-refractivity contribution in [2.75, 3.05) is 24.7 Å². The Morgan fingerprint density at radius 3 is 2.76 bits per heavy atom. The molecule has 1 aliphatic heterocycles. The van der Waals surface area contributed by atoms with E-state index in [0.717, 1.165) is 30.1 Å². The fourth-order valence-corrected chi connectivity index (χ4v) is 3.34. The summed E-state index contributed by atoms with van der Waals surface area (Å²) in [7, 11) is 0. The second kappa shape index (κ2) is 9.57. The van der Waals surface area contributed by atoms with E-state index in [0.29, 0.717) is 17.4 Å². The van der Waals surface area contributed by atoms with E-state index in [9.17, 15) is 4.79 Å². The number of amides is 1. The molecule has 1 amide bonds. The number of benzene rings is 1. The Balaban J connectivity index is 0.00000220. The predicted molar refractivity (Wildman–Crippen MR) is 93.9 cm³/mol. The molecule has 3 nitrogen and oxygen atoms in total. The van der Waals surface area contributed by atoms with Gasteiger partial charge in [0.2, 0.25) is 5.91 Å². The molecule has 118 valence electrons. The first-order chi connectivity index (χ1) is 9.69. The molecule has 0 bridgehead atoms. The molecule has 21 heavy (non-hydrogen) atoms. The molecule has 0 spiro atoms. The van der Waals surface area contributed by atoms with E-state index in [1.54, 1.807) is 11.8 Å². The lowest BCUT2D eigenvalue weighted by Crippen LogP contribution is -2.28. The highest BCUT2D eigenvalue weighted by molar-refractivity contribution is 7.98. The van der Waals surface area contributed by atoms with Crippen LogP contribution in [-0.4, -0.2) is 25.3 Å². The molecule has 1 fully saturated rings. The Kier molecular flexibility index (Phi) is 8.49. The van der Waals surface area contributed by atoms with Crippen LogP contribution < -0.4 is 10.6 Å². The van der Waals surface area contributed by atoms with Crippen LogP contribution in [0, 0.1) is 5.92 Å². The van der Waals surface area contributed by atoms with E-state index >= 15 is 0 Å². The van der Waals surface area contributed by atoms with Gasteiger partial charge in [-0.2, -0.15) is 0 Å². The summed E-state index contributed by atoms with van der Waals surface area (Å²) in [4.78, 5) is 13.0. The highest BCUT2D eigenvalue weighted by Crippen LogP contribution is 2.28. The smallest absolute Gasteiger partial charge is 0.224 e. The monoisotopic (exact) mass is 348 g/mol. The third-order valence-electron chi connectivity index (χ3n) is 3.67. The quantitative estimate of drug-likeness (QED) is 0.783. The highest BCUT2D eigenvalue weighted by atomic mass is 35.5. The SMILES string of the molecule is CSc1ccc(NC(=O)CCC2CCNCC2)cc1Cl.Cl. The first-order valence-corrected chi connectivity index (χ1v) is 8.63. The lowest BCUT2D eigenvalue weighted by Gasteiger charge is -2.22. The van der Waals surface area contributed by atoms with Gasteiger partial charge in [-0.1, -0.05) is 11.6 Å². The Morgan fingerprint density at radius 1 is 1.43 bits per heavy atom. The number of thioether (sulfide) groups is 1. The molecule has 6 heteroatoms. The maximum absolute atomic E-state index is 11.9. The van der Waals surface area contributed by atoms with E-state index < -0.39 is 0 Å². The molecule has 0 saturated carbocycles. The lowest BCUT2D eigenvalue weighted by atomic mass is 9.93. The number of halogens is 2. The van der Waals surface area contributed by atoms with Crippen molar-refractivity contribution in [1.82, 2.24) is 5.32 Å². The third kappa shape index (κ3) is 6.07. The van der Waals surface area contributed by atoms with Crippen molar-refractivity contribution in [3.63, 3.8) is 0 Å². The first kappa shape index (κ1) is 18.6. The number of carbonyl (C=O) groups excluding carboxylic acids is 1. The summed E-state index contributed by atoms with van der Waals surface area (Å²) in [5.74, 6) is 0.765. The molecule has 0 unspecified atom stereocenters. The van der Waals surface area contributed by atoms with Gasteiger partial charge in [0.15, 0.2) is 0 Å². The van der Waals surface area contributed by atoms with Crippen molar-refractivity contribution in [1.29, 1.82) is 0 Å². The fourth-order valence-electron chi connectivity index (χ4n) is 2.47. The number of hydrogen-bond acceptors (Lipinski definition) is 3. The van der Waals surface area contributed by atoms with Crippen molar-refractivity contribution in [2.45, 2.75) is 30.6 Å². The number of carbonyl (C=O) groups is 1. The van der Waals surface area contributed by atoms with Crippen molar-refractivity contribution in [2.24, 2.45) is 5.92 Å². The summed E-state index contributed by atoms with van der Waals surface area (Å²) in [6.45, 7) is 2.16. The van der Waals surface area contributed by atoms with Crippen LogP contribution in [0.1, 0.15) is 25.7 Å². The van der Waals surface area contributed by atoms with Gasteiger partial charge in [0, 0.05) is 17.0 Å². The summed E-state index contributed by atoms with van der Waals surface area (Å²) in [6.07, 6.45) is 5.91. The third-order valence-corrected chi connectivity index (χ3v) is 4.89. The Morgan fingerprint density at radius 2 is 2.14 bits per heavy atom. The standard InChI is InChI=1S/C15H21ClN2OS.ClH/c1-20-14-4-3-12(10-13(14)16)18-15(19)5-2-11-6-8-17-9-7-11;/h3-4,10-11,17H,2,5-9H2,1H3,(H,18,19);1H. The molecule has 0 radical (unpaired) electrons. The van der Waals surface area contributed by atoms with Crippen LogP contribution in [0.2, 0.25) is 5.02 Å². The van der Waals surface area contributed by atoms with Gasteiger partial charge >= 0.3 is 0 Å². The van der Waals surface area contributed by atoms with Crippen LogP contribution >= 0.6 is 35.8 Å². The second-order valence-electron chi connectivity index (χ2n) is 5.13. The first-order valence-electron chi connectivity index (χ1n) is 7.03. The Hall–Kier alpha value is -0.420. The molecule has 1 saturated heterocycles. The molecule has 0 atom stereocenters. The summed E-state index contributed by atoms with van der Waals surface area (Å²) < 4.78 is 0. The second-order valence-corrected chi connectivity index (χ2v) is 6.38. The zero-order valence-corrected chi connectivity index (χ0v) is 14.5. The van der Waals surface area contributed by atoms with Gasteiger partial charge in [-0.3, -0.25) is 4.79 Å². The van der Waals surface area contributed by atoms with Crippen LogP contribution in [0.25, 0.3) is 0 Å². The van der Waals surface area contributed by atoms with E-state index in [2.05, 4.69) is 10.6 Å². The molecule has 1 heterocycles. The average Bonchev–Trinajstić information content (AvgIpc) is 2.46. The minimum absolute atomic E-state index is 0. The van der Waals surface area contributed by atoms with Crippen LogP contribution in [0.5, 0.6) is 0 Å². The van der Waals surface area contributed by atoms with Gasteiger partial charge < -0.3 is 10.6 Å². The normalized spacial score (nSPS) is 15.3. The number of piperidine rings is 1. The largest absolute Gasteiger partial charge is 0.326 e. The number of anilines is 1. The zero-order chi connectivity index (χ0) is 14.4. The van der Waals surface area contributed by atoms with Crippen molar-refractivity contribution < 1.29 is 4.79 Å². The van der Waals surface area contributed by atoms with Gasteiger partial charge in [-0.05, 0) is 62.7 Å². The molecule has 2 rings (SSSR count). The minimum atomic E-state index is 0. The minimum Gasteiger partial charge on any atom is -0.326 e. The summed E-state index contributed by atoms with van der Waals surface area (Å²) in [5, 5.41) is 6.96. The van der Waals surface area contributed by atoms with Gasteiger partial charge in [0.05, 0.1) is 5.02 Å². The molecular weight excluding hydrogens is 327 g/mol. The van der Waals surface area contributed by atoms with Crippen molar-refractivity contribution in [3.05, 3.63) is 23.2 Å². The van der Waals surface area contributed by atoms with Crippen LogP contribution in [0.4, 0.5) is 5.69 Å². The summed E-state index contributed by atoms with van der Waals surface area (Å²) in [6, 6.07) is 5.66. The fraction of sp³-hybridized carbons (Fsp3) is 0.533. The van der Waals surface area contributed by atoms with Gasteiger partial charge in [-0.25, -0.2) is 0 Å². The van der Waals surface area contributed by atoms with Gasteiger partial charge in [0.1, 0.15) is 0 Å². The average molecular weight is 349 g/mol. The number of hydrogen-bond donors (Lipinski definition) is 2. The van der Waals surface area contributed by atoms with Gasteiger partial charge in [0.25, 0.3) is 0 Å². The van der Waals surface area contributed by atoms with Crippen molar-refractivity contribution in [3.8, 4) is 0 Å². The molecule has 0 aliphatic carbocycles. The zero-order valence-electron chi connectivity index (χ0n) is 12.2. The number of nitrogens with one attached hydrogen (secondary N) is 2. The van der Waals surface area contributed by atoms with E-state index in [4.69, 9.17) is 11.6 Å². The maximum atomic E-state index is 11.9. The molecule has 1 aromatic carbocycles. The lowest BCUT2D eigenvalue weighted by molar-refractivity contribution is -0.116. The van der Waals surface area contributed by atoms with E-state index in [1.807, 2.05) is 24.5 Å². The molecule has 1 aliphatic rings. The Labute approximate surface area is 142 Å². The molecule has 2 N–H and O–H groups in total. The van der Waals surface area contributed by atoms with Crippen molar-refractivity contribution >= 4 is 47.4 Å². The predicted octanol–water partition coefficient (Wildman–Crippen LogP) is 4.20. The Bertz CT molecular complexity index is 465. The highest BCUT2D eigenvalue weighted by Gasteiger charge is 2.14. The molecule has 1 aromatic rings. The molecule has 0 aromatic heterocycles. The maximum Gasteiger partial charge on any atom is 0.224 e. The summed E-state index contributed by atoms with van der Waals surface area (Å²) in [5.41, 5.74) is 0.781. The van der Waals surface area contributed by atoms with Crippen LogP contribution in [-0.2, 0) is 4.79 Å².